The number of aliphatic hydroxyl groups excluding tert-OH is 4. The van der Waals surface area contributed by atoms with Crippen LogP contribution in [0, 0.1) is 0 Å². The monoisotopic (exact) mass is 596 g/mol. The summed E-state index contributed by atoms with van der Waals surface area (Å²) < 4.78 is 11.1. The molecule has 0 aromatic carbocycles. The van der Waals surface area contributed by atoms with E-state index in [4.69, 9.17) is 9.47 Å². The highest BCUT2D eigenvalue weighted by Crippen LogP contribution is 2.28. The number of esters is 1. The molecule has 0 radical (unpaired) electrons. The quantitative estimate of drug-likeness (QED) is 0.0624. The summed E-state index contributed by atoms with van der Waals surface area (Å²) in [7, 11) is 0. The SMILES string of the molecule is CCCCCCCCCCCC[C@@H](O)[C@@H]1CC[C@@H]([C@H](O)CCCCC[C@H](O)CCCC[C@H](O)CC2=C[C@@H](C)OC2=O)O1. The first kappa shape index (κ1) is 37.2. The minimum Gasteiger partial charge on any atom is -0.455 e. The number of aliphatic hydroxyl groups is 4. The average Bonchev–Trinajstić information content (AvgIpc) is 3.58. The van der Waals surface area contributed by atoms with Gasteiger partial charge in [0.25, 0.3) is 0 Å². The number of hydrogen-bond acceptors (Lipinski definition) is 7. The van der Waals surface area contributed by atoms with E-state index in [9.17, 15) is 25.2 Å². The Hall–Kier alpha value is -0.990. The second-order valence-corrected chi connectivity index (χ2v) is 13.1. The second-order valence-electron chi connectivity index (χ2n) is 13.1. The Morgan fingerprint density at radius 2 is 1.10 bits per heavy atom. The number of unbranched alkanes of at least 4 members (excludes halogenated alkanes) is 12. The summed E-state index contributed by atoms with van der Waals surface area (Å²) in [5.74, 6) is -0.321. The number of cyclic esters (lactones) is 1. The van der Waals surface area contributed by atoms with Crippen LogP contribution in [0.25, 0.3) is 0 Å². The molecule has 0 unspecified atom stereocenters. The Morgan fingerprint density at radius 1 is 0.667 bits per heavy atom. The molecule has 1 fully saturated rings. The maximum absolute atomic E-state index is 11.7. The van der Waals surface area contributed by atoms with E-state index < -0.39 is 18.3 Å². The molecule has 7 nitrogen and oxygen atoms in total. The van der Waals surface area contributed by atoms with E-state index >= 15 is 0 Å². The smallest absolute Gasteiger partial charge is 0.334 e. The van der Waals surface area contributed by atoms with Gasteiger partial charge in [-0.3, -0.25) is 0 Å². The van der Waals surface area contributed by atoms with Crippen molar-refractivity contribution in [2.24, 2.45) is 0 Å². The third kappa shape index (κ3) is 16.2. The fourth-order valence-corrected chi connectivity index (χ4v) is 6.42. The van der Waals surface area contributed by atoms with Crippen molar-refractivity contribution < 1.29 is 34.7 Å². The van der Waals surface area contributed by atoms with Gasteiger partial charge in [-0.1, -0.05) is 103 Å². The van der Waals surface area contributed by atoms with Crippen LogP contribution in [-0.2, 0) is 14.3 Å². The van der Waals surface area contributed by atoms with Gasteiger partial charge in [0.15, 0.2) is 0 Å². The van der Waals surface area contributed by atoms with E-state index in [1.807, 2.05) is 6.92 Å². The van der Waals surface area contributed by atoms with Gasteiger partial charge in [0.2, 0.25) is 0 Å². The van der Waals surface area contributed by atoms with Crippen molar-refractivity contribution in [1.29, 1.82) is 0 Å². The summed E-state index contributed by atoms with van der Waals surface area (Å²) in [5, 5.41) is 41.7. The summed E-state index contributed by atoms with van der Waals surface area (Å²) in [6, 6.07) is 0. The zero-order chi connectivity index (χ0) is 30.6. The molecule has 2 heterocycles. The lowest BCUT2D eigenvalue weighted by Gasteiger charge is -2.22. The molecule has 0 spiro atoms. The van der Waals surface area contributed by atoms with Crippen LogP contribution in [0.2, 0.25) is 0 Å². The zero-order valence-electron chi connectivity index (χ0n) is 26.9. The number of carbonyl (C=O) groups is 1. The minimum atomic E-state index is -0.551. The van der Waals surface area contributed by atoms with E-state index in [-0.39, 0.29) is 30.4 Å². The Morgan fingerprint density at radius 3 is 1.60 bits per heavy atom. The largest absolute Gasteiger partial charge is 0.455 e. The molecule has 7 heteroatoms. The Kier molecular flexibility index (Phi) is 19.9. The van der Waals surface area contributed by atoms with Crippen molar-refractivity contribution >= 4 is 5.97 Å². The Labute approximate surface area is 256 Å². The lowest BCUT2D eigenvalue weighted by atomic mass is 9.99. The van der Waals surface area contributed by atoms with Crippen LogP contribution in [-0.4, -0.2) is 69.1 Å². The van der Waals surface area contributed by atoms with Crippen LogP contribution >= 0.6 is 0 Å². The Bertz CT molecular complexity index is 726. The summed E-state index contributed by atoms with van der Waals surface area (Å²) in [6.45, 7) is 4.07. The normalized spacial score (nSPS) is 23.5. The van der Waals surface area contributed by atoms with Crippen LogP contribution in [0.3, 0.4) is 0 Å². The fourth-order valence-electron chi connectivity index (χ4n) is 6.42. The van der Waals surface area contributed by atoms with Crippen LogP contribution < -0.4 is 0 Å². The van der Waals surface area contributed by atoms with Crippen molar-refractivity contribution in [2.75, 3.05) is 0 Å². The first-order valence-corrected chi connectivity index (χ1v) is 17.6. The van der Waals surface area contributed by atoms with Gasteiger partial charge in [-0.25, -0.2) is 4.79 Å². The summed E-state index contributed by atoms with van der Waals surface area (Å²) >= 11 is 0. The summed E-state index contributed by atoms with van der Waals surface area (Å²) in [6.07, 6.45) is 22.4. The van der Waals surface area contributed by atoms with Crippen molar-refractivity contribution in [2.45, 2.75) is 204 Å². The molecule has 0 amide bonds. The molecule has 0 aromatic heterocycles. The van der Waals surface area contributed by atoms with Gasteiger partial charge in [0, 0.05) is 12.0 Å². The first-order valence-electron chi connectivity index (χ1n) is 17.6. The van der Waals surface area contributed by atoms with Crippen molar-refractivity contribution in [1.82, 2.24) is 0 Å². The molecule has 0 saturated carbocycles. The van der Waals surface area contributed by atoms with Crippen LogP contribution in [0.1, 0.15) is 162 Å². The second kappa shape index (κ2) is 22.5. The third-order valence-corrected chi connectivity index (χ3v) is 9.11. The first-order chi connectivity index (χ1) is 20.3. The standard InChI is InChI=1S/C35H64O7/c1-3-4-5-6-7-8-9-10-11-14-21-31(38)33-23-24-34(42-33)32(39)22-15-12-13-18-29(36)19-16-17-20-30(37)26-28-25-27(2)41-35(28)40/h25,27,29-34,36-39H,3-24,26H2,1-2H3/t27-,29+,30+,31-,32-,33+,34+/m1/s1. The number of ether oxygens (including phenoxy) is 2. The lowest BCUT2D eigenvalue weighted by Crippen LogP contribution is -2.31. The van der Waals surface area contributed by atoms with Crippen LogP contribution in [0.15, 0.2) is 11.6 Å². The van der Waals surface area contributed by atoms with E-state index in [0.29, 0.717) is 24.8 Å². The van der Waals surface area contributed by atoms with Crippen LogP contribution in [0.4, 0.5) is 0 Å². The van der Waals surface area contributed by atoms with E-state index in [1.165, 1.54) is 57.8 Å². The molecule has 0 aliphatic carbocycles. The highest BCUT2D eigenvalue weighted by Gasteiger charge is 2.34. The third-order valence-electron chi connectivity index (χ3n) is 9.11. The van der Waals surface area contributed by atoms with E-state index in [2.05, 4.69) is 6.92 Å². The number of hydrogen-bond donors (Lipinski definition) is 4. The van der Waals surface area contributed by atoms with E-state index in [1.54, 1.807) is 6.08 Å². The van der Waals surface area contributed by atoms with Gasteiger partial charge in [0.05, 0.1) is 36.6 Å². The van der Waals surface area contributed by atoms with Gasteiger partial charge < -0.3 is 29.9 Å². The highest BCUT2D eigenvalue weighted by molar-refractivity contribution is 5.90. The fraction of sp³-hybridized carbons (Fsp3) is 0.914. The van der Waals surface area contributed by atoms with Gasteiger partial charge in [0.1, 0.15) is 6.10 Å². The maximum atomic E-state index is 11.7. The average molecular weight is 597 g/mol. The number of carbonyl (C=O) groups excluding carboxylic acids is 1. The molecule has 246 valence electrons. The molecule has 7 atom stereocenters. The van der Waals surface area contributed by atoms with Gasteiger partial charge in [-0.15, -0.1) is 0 Å². The van der Waals surface area contributed by atoms with E-state index in [0.717, 1.165) is 70.6 Å². The maximum Gasteiger partial charge on any atom is 0.334 e. The Balaban J connectivity index is 1.41. The highest BCUT2D eigenvalue weighted by atomic mass is 16.5. The summed E-state index contributed by atoms with van der Waals surface area (Å²) in [4.78, 5) is 11.7. The molecular weight excluding hydrogens is 532 g/mol. The van der Waals surface area contributed by atoms with Crippen molar-refractivity contribution in [3.63, 3.8) is 0 Å². The molecule has 2 rings (SSSR count). The molecular formula is C35H64O7. The van der Waals surface area contributed by atoms with Gasteiger partial charge in [-0.2, -0.15) is 0 Å². The molecule has 1 saturated heterocycles. The van der Waals surface area contributed by atoms with Crippen molar-refractivity contribution in [3.05, 3.63) is 11.6 Å². The number of rotatable bonds is 26. The molecule has 0 aromatic rings. The summed E-state index contributed by atoms with van der Waals surface area (Å²) in [5.41, 5.74) is 0.566. The predicted octanol–water partition coefficient (Wildman–Crippen LogP) is 7.06. The minimum absolute atomic E-state index is 0.139. The van der Waals surface area contributed by atoms with Gasteiger partial charge >= 0.3 is 5.97 Å². The van der Waals surface area contributed by atoms with Gasteiger partial charge in [-0.05, 0) is 57.9 Å². The molecule has 42 heavy (non-hydrogen) atoms. The molecule has 2 aliphatic rings. The molecule has 4 N–H and O–H groups in total. The predicted molar refractivity (Wildman–Crippen MR) is 168 cm³/mol. The lowest BCUT2D eigenvalue weighted by molar-refractivity contribution is -0.139. The molecule has 2 aliphatic heterocycles. The molecule has 0 bridgehead atoms. The van der Waals surface area contributed by atoms with Crippen molar-refractivity contribution in [3.8, 4) is 0 Å². The zero-order valence-corrected chi connectivity index (χ0v) is 26.9. The topological polar surface area (TPSA) is 116 Å². The van der Waals surface area contributed by atoms with Crippen LogP contribution in [0.5, 0.6) is 0 Å².